The lowest BCUT2D eigenvalue weighted by Gasteiger charge is -2.19. The fourth-order valence-corrected chi connectivity index (χ4v) is 3.12. The Morgan fingerprint density at radius 3 is 2.22 bits per heavy atom. The van der Waals surface area contributed by atoms with Crippen molar-refractivity contribution >= 4 is 17.2 Å². The lowest BCUT2D eigenvalue weighted by atomic mass is 10.0. The van der Waals surface area contributed by atoms with E-state index in [2.05, 4.69) is 24.3 Å². The molecule has 92 valence electrons. The maximum atomic E-state index is 12.3. The summed E-state index contributed by atoms with van der Waals surface area (Å²) in [7, 11) is 0. The van der Waals surface area contributed by atoms with Gasteiger partial charge in [-0.2, -0.15) is 0 Å². The molecule has 0 bridgehead atoms. The number of carbonyl (C=O) groups is 1. The monoisotopic (exact) mass is 257 g/mol. The molecular weight excluding hydrogens is 242 g/mol. The number of rotatable bonds is 1. The molecule has 0 saturated carbocycles. The Morgan fingerprint density at radius 2 is 1.67 bits per heavy atom. The summed E-state index contributed by atoms with van der Waals surface area (Å²) in [5.41, 5.74) is 2.78. The van der Waals surface area contributed by atoms with Crippen LogP contribution in [0.4, 0.5) is 0 Å². The summed E-state index contributed by atoms with van der Waals surface area (Å²) in [6.07, 6.45) is 1.93. The van der Waals surface area contributed by atoms with E-state index in [0.29, 0.717) is 0 Å². The molecule has 2 aromatic rings. The van der Waals surface area contributed by atoms with Crippen LogP contribution in [0.15, 0.2) is 41.8 Å². The van der Waals surface area contributed by atoms with Gasteiger partial charge in [0, 0.05) is 13.1 Å². The first-order chi connectivity index (χ1) is 8.84. The van der Waals surface area contributed by atoms with Crippen LogP contribution in [-0.4, -0.2) is 23.9 Å². The molecule has 3 rings (SSSR count). The van der Waals surface area contributed by atoms with Crippen molar-refractivity contribution in [2.45, 2.75) is 12.8 Å². The molecule has 1 aliphatic rings. The molecule has 2 nitrogen and oxygen atoms in total. The number of thiophene rings is 1. The summed E-state index contributed by atoms with van der Waals surface area (Å²) in [5, 5.41) is 1.96. The van der Waals surface area contributed by atoms with Gasteiger partial charge in [-0.15, -0.1) is 11.3 Å². The second-order valence-electron chi connectivity index (χ2n) is 4.54. The molecule has 2 heterocycles. The molecule has 0 aliphatic carbocycles. The average Bonchev–Trinajstić information content (AvgIpc) is 2.85. The number of benzene rings is 1. The van der Waals surface area contributed by atoms with Crippen LogP contribution in [-0.2, 0) is 12.8 Å². The minimum atomic E-state index is 0.179. The highest BCUT2D eigenvalue weighted by atomic mass is 32.1. The quantitative estimate of drug-likeness (QED) is 0.769. The Balaban J connectivity index is 1.77. The number of carbonyl (C=O) groups excluding carboxylic acids is 1. The molecule has 0 unspecified atom stereocenters. The van der Waals surface area contributed by atoms with Gasteiger partial charge in [0.1, 0.15) is 0 Å². The second kappa shape index (κ2) is 4.94. The molecule has 0 atom stereocenters. The van der Waals surface area contributed by atoms with Crippen LogP contribution in [0.2, 0.25) is 0 Å². The average molecular weight is 257 g/mol. The zero-order valence-corrected chi connectivity index (χ0v) is 11.0. The van der Waals surface area contributed by atoms with Gasteiger partial charge < -0.3 is 4.90 Å². The van der Waals surface area contributed by atoms with Gasteiger partial charge >= 0.3 is 0 Å². The van der Waals surface area contributed by atoms with Crippen molar-refractivity contribution in [1.82, 2.24) is 4.90 Å². The maximum absolute atomic E-state index is 12.3. The van der Waals surface area contributed by atoms with Crippen molar-refractivity contribution in [3.8, 4) is 0 Å². The smallest absolute Gasteiger partial charge is 0.263 e. The topological polar surface area (TPSA) is 20.3 Å². The van der Waals surface area contributed by atoms with Gasteiger partial charge in [0.15, 0.2) is 0 Å². The van der Waals surface area contributed by atoms with Crippen molar-refractivity contribution in [2.75, 3.05) is 13.1 Å². The molecule has 1 amide bonds. The molecule has 1 aliphatic heterocycles. The Hall–Kier alpha value is -1.61. The predicted molar refractivity (Wildman–Crippen MR) is 74.1 cm³/mol. The van der Waals surface area contributed by atoms with Crippen molar-refractivity contribution in [1.29, 1.82) is 0 Å². The second-order valence-corrected chi connectivity index (χ2v) is 5.49. The van der Waals surface area contributed by atoms with Crippen LogP contribution in [0.3, 0.4) is 0 Å². The standard InChI is InChI=1S/C15H15NOS/c17-15(14-6-3-11-18-14)16-9-7-12-4-1-2-5-13(12)8-10-16/h1-6,11H,7-10H2. The van der Waals surface area contributed by atoms with Crippen molar-refractivity contribution in [3.05, 3.63) is 57.8 Å². The predicted octanol–water partition coefficient (Wildman–Crippen LogP) is 2.99. The summed E-state index contributed by atoms with van der Waals surface area (Å²) in [6, 6.07) is 12.4. The summed E-state index contributed by atoms with van der Waals surface area (Å²) >= 11 is 1.52. The molecule has 0 saturated heterocycles. The first kappa shape index (κ1) is 11.5. The minimum absolute atomic E-state index is 0.179. The normalized spacial score (nSPS) is 15.0. The SMILES string of the molecule is O=C(c1cccs1)N1CCc2ccccc2CC1. The van der Waals surface area contributed by atoms with E-state index in [9.17, 15) is 4.79 Å². The van der Waals surface area contributed by atoms with E-state index in [1.165, 1.54) is 22.5 Å². The number of nitrogens with zero attached hydrogens (tertiary/aromatic N) is 1. The first-order valence-corrected chi connectivity index (χ1v) is 7.12. The summed E-state index contributed by atoms with van der Waals surface area (Å²) in [4.78, 5) is 15.1. The van der Waals surface area contributed by atoms with Gasteiger partial charge in [0.05, 0.1) is 4.88 Å². The largest absolute Gasteiger partial charge is 0.337 e. The molecule has 1 aromatic heterocycles. The molecule has 0 spiro atoms. The lowest BCUT2D eigenvalue weighted by Crippen LogP contribution is -2.32. The number of hydrogen-bond acceptors (Lipinski definition) is 2. The third kappa shape index (κ3) is 2.18. The first-order valence-electron chi connectivity index (χ1n) is 6.24. The third-order valence-electron chi connectivity index (χ3n) is 3.44. The van der Waals surface area contributed by atoms with Crippen LogP contribution in [0.5, 0.6) is 0 Å². The van der Waals surface area contributed by atoms with Crippen LogP contribution in [0, 0.1) is 0 Å². The number of amides is 1. The molecular formula is C15H15NOS. The van der Waals surface area contributed by atoms with Gasteiger partial charge in [-0.05, 0) is 35.4 Å². The van der Waals surface area contributed by atoms with E-state index in [0.717, 1.165) is 30.8 Å². The number of fused-ring (bicyclic) bond motifs is 1. The maximum Gasteiger partial charge on any atom is 0.263 e. The molecule has 1 aromatic carbocycles. The van der Waals surface area contributed by atoms with Crippen molar-refractivity contribution < 1.29 is 4.79 Å². The van der Waals surface area contributed by atoms with Crippen LogP contribution in [0.25, 0.3) is 0 Å². The Morgan fingerprint density at radius 1 is 1.00 bits per heavy atom. The van der Waals surface area contributed by atoms with Crippen LogP contribution >= 0.6 is 11.3 Å². The Kier molecular flexibility index (Phi) is 3.15. The highest BCUT2D eigenvalue weighted by Gasteiger charge is 2.19. The molecule has 3 heteroatoms. The van der Waals surface area contributed by atoms with Gasteiger partial charge in [-0.3, -0.25) is 4.79 Å². The van der Waals surface area contributed by atoms with Crippen molar-refractivity contribution in [3.63, 3.8) is 0 Å². The van der Waals surface area contributed by atoms with E-state index in [1.54, 1.807) is 0 Å². The van der Waals surface area contributed by atoms with Crippen LogP contribution in [0.1, 0.15) is 20.8 Å². The van der Waals surface area contributed by atoms with Gasteiger partial charge in [-0.25, -0.2) is 0 Å². The zero-order chi connectivity index (χ0) is 12.4. The van der Waals surface area contributed by atoms with E-state index in [-0.39, 0.29) is 5.91 Å². The van der Waals surface area contributed by atoms with E-state index in [1.807, 2.05) is 22.4 Å². The van der Waals surface area contributed by atoms with Gasteiger partial charge in [-0.1, -0.05) is 30.3 Å². The third-order valence-corrected chi connectivity index (χ3v) is 4.30. The Bertz CT molecular complexity index is 520. The summed E-state index contributed by atoms with van der Waals surface area (Å²) < 4.78 is 0. The molecule has 0 fully saturated rings. The fraction of sp³-hybridized carbons (Fsp3) is 0.267. The molecule has 0 radical (unpaired) electrons. The lowest BCUT2D eigenvalue weighted by molar-refractivity contribution is 0.0768. The zero-order valence-electron chi connectivity index (χ0n) is 10.1. The van der Waals surface area contributed by atoms with E-state index >= 15 is 0 Å². The highest BCUT2D eigenvalue weighted by molar-refractivity contribution is 7.12. The van der Waals surface area contributed by atoms with Crippen molar-refractivity contribution in [2.24, 2.45) is 0 Å². The minimum Gasteiger partial charge on any atom is -0.337 e. The summed E-state index contributed by atoms with van der Waals surface area (Å²) in [5.74, 6) is 0.179. The highest BCUT2D eigenvalue weighted by Crippen LogP contribution is 2.18. The van der Waals surface area contributed by atoms with Gasteiger partial charge in [0.2, 0.25) is 0 Å². The van der Waals surface area contributed by atoms with E-state index in [4.69, 9.17) is 0 Å². The van der Waals surface area contributed by atoms with Gasteiger partial charge in [0.25, 0.3) is 5.91 Å². The fourth-order valence-electron chi connectivity index (χ4n) is 2.43. The van der Waals surface area contributed by atoms with Crippen LogP contribution < -0.4 is 0 Å². The summed E-state index contributed by atoms with van der Waals surface area (Å²) in [6.45, 7) is 1.65. The molecule has 18 heavy (non-hydrogen) atoms. The Labute approximate surface area is 111 Å². The number of hydrogen-bond donors (Lipinski definition) is 0. The molecule has 0 N–H and O–H groups in total. The van der Waals surface area contributed by atoms with E-state index < -0.39 is 0 Å².